The molecule has 1 aromatic heterocycles. The van der Waals surface area contributed by atoms with Gasteiger partial charge in [-0.25, -0.2) is 0 Å². The second-order valence-electron chi connectivity index (χ2n) is 8.16. The molecule has 4 rings (SSSR count). The summed E-state index contributed by atoms with van der Waals surface area (Å²) < 4.78 is 12.2. The summed E-state index contributed by atoms with van der Waals surface area (Å²) in [7, 11) is -0.623. The number of aromatic hydroxyl groups is 1. The fourth-order valence-electron chi connectivity index (χ4n) is 3.27. The van der Waals surface area contributed by atoms with Crippen LogP contribution in [0.4, 0.5) is 0 Å². The van der Waals surface area contributed by atoms with Gasteiger partial charge < -0.3 is 14.4 Å². The second-order valence-corrected chi connectivity index (χ2v) is 8.16. The molecule has 4 nitrogen and oxygen atoms in total. The van der Waals surface area contributed by atoms with Crippen LogP contribution >= 0.6 is 0 Å². The van der Waals surface area contributed by atoms with Gasteiger partial charge in [-0.1, -0.05) is 30.3 Å². The van der Waals surface area contributed by atoms with Gasteiger partial charge >= 0.3 is 7.12 Å². The maximum absolute atomic E-state index is 10.4. The van der Waals surface area contributed by atoms with Crippen LogP contribution in [0.5, 0.6) is 5.75 Å². The first-order chi connectivity index (χ1) is 13.3. The van der Waals surface area contributed by atoms with Crippen molar-refractivity contribution in [1.29, 1.82) is 0 Å². The molecular weight excluding hydrogens is 349 g/mol. The first kappa shape index (κ1) is 18.7. The molecule has 1 aliphatic heterocycles. The van der Waals surface area contributed by atoms with E-state index in [0.29, 0.717) is 5.46 Å². The predicted octanol–water partition coefficient (Wildman–Crippen LogP) is 4.42. The number of pyridine rings is 1. The second kappa shape index (κ2) is 6.76. The third-order valence-electron chi connectivity index (χ3n) is 5.70. The van der Waals surface area contributed by atoms with Gasteiger partial charge in [-0.15, -0.1) is 0 Å². The zero-order chi connectivity index (χ0) is 19.9. The molecule has 0 bridgehead atoms. The molecule has 5 heteroatoms. The molecule has 1 N–H and O–H groups in total. The van der Waals surface area contributed by atoms with Crippen LogP contribution in [0, 0.1) is 0 Å². The van der Waals surface area contributed by atoms with Crippen molar-refractivity contribution in [2.75, 3.05) is 0 Å². The van der Waals surface area contributed by atoms with Crippen molar-refractivity contribution in [3.05, 3.63) is 66.9 Å². The Kier molecular flexibility index (Phi) is 4.52. The number of hydrogen-bond donors (Lipinski definition) is 1. The third kappa shape index (κ3) is 3.32. The first-order valence-corrected chi connectivity index (χ1v) is 9.47. The summed E-state index contributed by atoms with van der Waals surface area (Å²) in [5.41, 5.74) is 3.64. The smallest absolute Gasteiger partial charge is 0.498 e. The summed E-state index contributed by atoms with van der Waals surface area (Å²) in [6.45, 7) is 8.00. The van der Waals surface area contributed by atoms with Crippen molar-refractivity contribution >= 4 is 12.6 Å². The van der Waals surface area contributed by atoms with Crippen LogP contribution in [-0.4, -0.2) is 28.4 Å². The molecule has 2 aromatic carbocycles. The maximum Gasteiger partial charge on any atom is 0.498 e. The van der Waals surface area contributed by atoms with Gasteiger partial charge in [0.1, 0.15) is 5.75 Å². The van der Waals surface area contributed by atoms with Crippen molar-refractivity contribution < 1.29 is 14.4 Å². The molecule has 0 amide bonds. The summed E-state index contributed by atoms with van der Waals surface area (Å²) >= 11 is 0. The van der Waals surface area contributed by atoms with E-state index < -0.39 is 18.3 Å². The minimum atomic E-state index is -0.623. The Hall–Kier alpha value is -2.63. The Bertz CT molecular complexity index is 986. The Balaban J connectivity index is 1.71. The lowest BCUT2D eigenvalue weighted by molar-refractivity contribution is 0.00578. The molecule has 0 aliphatic carbocycles. The summed E-state index contributed by atoms with van der Waals surface area (Å²) in [5.74, 6) is 0.154. The quantitative estimate of drug-likeness (QED) is 0.691. The highest BCUT2D eigenvalue weighted by atomic mass is 16.7. The van der Waals surface area contributed by atoms with E-state index in [2.05, 4.69) is 23.2 Å². The van der Waals surface area contributed by atoms with Gasteiger partial charge in [0, 0.05) is 17.2 Å². The fourth-order valence-corrected chi connectivity index (χ4v) is 3.27. The Morgan fingerprint density at radius 1 is 0.786 bits per heavy atom. The van der Waals surface area contributed by atoms with Crippen LogP contribution in [-0.2, 0) is 9.31 Å². The average Bonchev–Trinajstić information content (AvgIpc) is 2.90. The molecule has 28 heavy (non-hydrogen) atoms. The van der Waals surface area contributed by atoms with E-state index in [1.54, 1.807) is 12.3 Å². The van der Waals surface area contributed by atoms with Crippen molar-refractivity contribution in [2.45, 2.75) is 38.9 Å². The molecule has 3 aromatic rings. The van der Waals surface area contributed by atoms with E-state index in [0.717, 1.165) is 22.4 Å². The number of aromatic nitrogens is 1. The number of rotatable bonds is 3. The summed E-state index contributed by atoms with van der Waals surface area (Å²) in [6, 6.07) is 19.7. The molecule has 0 spiro atoms. The lowest BCUT2D eigenvalue weighted by atomic mass is 9.77. The van der Waals surface area contributed by atoms with E-state index in [1.807, 2.05) is 64.1 Å². The van der Waals surface area contributed by atoms with Crippen LogP contribution in [0.2, 0.25) is 0 Å². The molecule has 142 valence electrons. The van der Waals surface area contributed by atoms with Gasteiger partial charge in [0.15, 0.2) is 0 Å². The van der Waals surface area contributed by atoms with Crippen LogP contribution in [0.15, 0.2) is 66.9 Å². The monoisotopic (exact) mass is 373 g/mol. The lowest BCUT2D eigenvalue weighted by Crippen LogP contribution is -2.41. The highest BCUT2D eigenvalue weighted by Crippen LogP contribution is 2.37. The van der Waals surface area contributed by atoms with Crippen LogP contribution in [0.3, 0.4) is 0 Å². The highest BCUT2D eigenvalue weighted by molar-refractivity contribution is 6.63. The average molecular weight is 373 g/mol. The van der Waals surface area contributed by atoms with E-state index in [-0.39, 0.29) is 5.75 Å². The molecular formula is C23H24BNO3. The van der Waals surface area contributed by atoms with Gasteiger partial charge in [0.05, 0.1) is 16.9 Å². The number of benzene rings is 2. The predicted molar refractivity (Wildman–Crippen MR) is 112 cm³/mol. The molecule has 1 fully saturated rings. The minimum absolute atomic E-state index is 0.154. The lowest BCUT2D eigenvalue weighted by Gasteiger charge is -2.32. The number of nitrogens with zero attached hydrogens (tertiary/aromatic N) is 1. The third-order valence-corrected chi connectivity index (χ3v) is 5.70. The zero-order valence-electron chi connectivity index (χ0n) is 16.6. The standard InChI is InChI=1S/C23H24BNO3/c1-22(2)23(3,4)28-24(27-22)19-14-18(10-11-21(19)26)20-15-17(12-13-25-20)16-8-6-5-7-9-16/h5-15,26H,1-4H3. The van der Waals surface area contributed by atoms with E-state index >= 15 is 0 Å². The van der Waals surface area contributed by atoms with E-state index in [9.17, 15) is 5.11 Å². The molecule has 0 radical (unpaired) electrons. The minimum Gasteiger partial charge on any atom is -0.508 e. The van der Waals surface area contributed by atoms with Crippen LogP contribution in [0.1, 0.15) is 27.7 Å². The molecule has 1 aliphatic rings. The molecule has 0 unspecified atom stereocenters. The first-order valence-electron chi connectivity index (χ1n) is 9.47. The fraction of sp³-hybridized carbons (Fsp3) is 0.261. The Labute approximate surface area is 166 Å². The topological polar surface area (TPSA) is 51.6 Å². The number of phenolic OH excluding ortho intramolecular Hbond substituents is 1. The Morgan fingerprint density at radius 3 is 2.14 bits per heavy atom. The van der Waals surface area contributed by atoms with Gasteiger partial charge in [-0.2, -0.15) is 0 Å². The normalized spacial score (nSPS) is 17.6. The zero-order valence-corrected chi connectivity index (χ0v) is 16.6. The Morgan fingerprint density at radius 2 is 1.46 bits per heavy atom. The van der Waals surface area contributed by atoms with Gasteiger partial charge in [-0.3, -0.25) is 4.98 Å². The molecule has 1 saturated heterocycles. The van der Waals surface area contributed by atoms with Crippen molar-refractivity contribution in [3.63, 3.8) is 0 Å². The summed E-state index contributed by atoms with van der Waals surface area (Å²) in [5, 5.41) is 10.4. The number of phenols is 1. The van der Waals surface area contributed by atoms with Gasteiger partial charge in [0.2, 0.25) is 0 Å². The van der Waals surface area contributed by atoms with E-state index in [1.165, 1.54) is 0 Å². The number of hydrogen-bond acceptors (Lipinski definition) is 4. The van der Waals surface area contributed by atoms with E-state index in [4.69, 9.17) is 9.31 Å². The van der Waals surface area contributed by atoms with Crippen molar-refractivity contribution in [1.82, 2.24) is 4.98 Å². The van der Waals surface area contributed by atoms with Crippen molar-refractivity contribution in [3.8, 4) is 28.1 Å². The van der Waals surface area contributed by atoms with Crippen LogP contribution in [0.25, 0.3) is 22.4 Å². The van der Waals surface area contributed by atoms with Crippen molar-refractivity contribution in [2.24, 2.45) is 0 Å². The molecule has 0 atom stereocenters. The summed E-state index contributed by atoms with van der Waals surface area (Å²) in [6.07, 6.45) is 1.80. The summed E-state index contributed by atoms with van der Waals surface area (Å²) in [4.78, 5) is 4.53. The SMILES string of the molecule is CC1(C)OB(c2cc(-c3cc(-c4ccccc4)ccn3)ccc2O)OC1(C)C. The highest BCUT2D eigenvalue weighted by Gasteiger charge is 2.52. The molecule has 0 saturated carbocycles. The van der Waals surface area contributed by atoms with Gasteiger partial charge in [-0.05, 0) is 69.2 Å². The largest absolute Gasteiger partial charge is 0.508 e. The molecule has 2 heterocycles. The van der Waals surface area contributed by atoms with Crippen LogP contribution < -0.4 is 5.46 Å². The maximum atomic E-state index is 10.4. The van der Waals surface area contributed by atoms with Gasteiger partial charge in [0.25, 0.3) is 0 Å².